The summed E-state index contributed by atoms with van der Waals surface area (Å²) >= 11 is 0. The van der Waals surface area contributed by atoms with Gasteiger partial charge in [-0.2, -0.15) is 31.4 Å². The van der Waals surface area contributed by atoms with E-state index < -0.39 is 29.7 Å². The fourth-order valence-electron chi connectivity index (χ4n) is 4.79. The highest BCUT2D eigenvalue weighted by Gasteiger charge is 2.71. The Morgan fingerprint density at radius 2 is 1.65 bits per heavy atom. The molecule has 4 rings (SSSR count). The van der Waals surface area contributed by atoms with Crippen molar-refractivity contribution < 1.29 is 26.3 Å². The molecule has 2 saturated carbocycles. The van der Waals surface area contributed by atoms with Gasteiger partial charge in [0, 0.05) is 5.92 Å². The zero-order chi connectivity index (χ0) is 16.7. The van der Waals surface area contributed by atoms with Crippen molar-refractivity contribution in [1.82, 2.24) is 5.43 Å². The van der Waals surface area contributed by atoms with Gasteiger partial charge in [0.05, 0.1) is 0 Å². The Balaban J connectivity index is 1.80. The number of nitrogens with one attached hydrogen (secondary N) is 1. The molecule has 0 aromatic rings. The molecule has 1 heterocycles. The quantitative estimate of drug-likeness (QED) is 0.513. The number of alkyl halides is 6. The van der Waals surface area contributed by atoms with Crippen LogP contribution in [0.1, 0.15) is 32.1 Å². The molecule has 0 aromatic carbocycles. The second kappa shape index (κ2) is 4.13. The number of halogens is 6. The summed E-state index contributed by atoms with van der Waals surface area (Å²) in [6.45, 7) is 0. The van der Waals surface area contributed by atoms with Crippen LogP contribution in [0, 0.1) is 16.7 Å². The lowest BCUT2D eigenvalue weighted by atomic mass is 9.65. The molecule has 0 saturated heterocycles. The van der Waals surface area contributed by atoms with Crippen LogP contribution in [0.4, 0.5) is 26.3 Å². The van der Waals surface area contributed by atoms with Gasteiger partial charge in [-0.05, 0) is 48.5 Å². The third kappa shape index (κ3) is 1.99. The highest BCUT2D eigenvalue weighted by molar-refractivity contribution is 5.95. The van der Waals surface area contributed by atoms with Crippen LogP contribution < -0.4 is 5.43 Å². The summed E-state index contributed by atoms with van der Waals surface area (Å²) in [5.74, 6) is -1.28. The number of fused-ring (bicyclic) bond motifs is 1. The van der Waals surface area contributed by atoms with E-state index in [0.29, 0.717) is 19.3 Å². The van der Waals surface area contributed by atoms with E-state index in [-0.39, 0.29) is 29.2 Å². The van der Waals surface area contributed by atoms with Crippen molar-refractivity contribution in [3.63, 3.8) is 0 Å². The highest BCUT2D eigenvalue weighted by Crippen LogP contribution is 2.78. The van der Waals surface area contributed by atoms with Gasteiger partial charge in [-0.3, -0.25) is 5.43 Å². The van der Waals surface area contributed by atoms with E-state index in [0.717, 1.165) is 0 Å². The molecule has 23 heavy (non-hydrogen) atoms. The van der Waals surface area contributed by atoms with Crippen molar-refractivity contribution in [1.29, 1.82) is 0 Å². The lowest BCUT2D eigenvalue weighted by Gasteiger charge is -2.41. The largest absolute Gasteiger partial charge is 0.432 e. The van der Waals surface area contributed by atoms with Crippen molar-refractivity contribution in [2.45, 2.75) is 44.5 Å². The first-order valence-electron chi connectivity index (χ1n) is 7.44. The fourth-order valence-corrected chi connectivity index (χ4v) is 4.79. The smallest absolute Gasteiger partial charge is 0.273 e. The van der Waals surface area contributed by atoms with Gasteiger partial charge in [0.2, 0.25) is 0 Å². The van der Waals surface area contributed by atoms with E-state index in [9.17, 15) is 26.3 Å². The van der Waals surface area contributed by atoms with Gasteiger partial charge in [0.25, 0.3) is 0 Å². The van der Waals surface area contributed by atoms with Crippen LogP contribution in [0.15, 0.2) is 28.5 Å². The summed E-state index contributed by atoms with van der Waals surface area (Å²) in [5.41, 5.74) is -1.31. The van der Waals surface area contributed by atoms with Crippen molar-refractivity contribution in [3.8, 4) is 0 Å². The Kier molecular flexibility index (Phi) is 2.71. The van der Waals surface area contributed by atoms with Gasteiger partial charge in [0.15, 0.2) is 0 Å². The minimum absolute atomic E-state index is 0.0684. The molecule has 3 atom stereocenters. The molecule has 1 N–H and O–H groups in total. The molecular weight excluding hydrogens is 322 g/mol. The van der Waals surface area contributed by atoms with E-state index in [1.165, 1.54) is 0 Å². The maximum Gasteiger partial charge on any atom is 0.432 e. The summed E-state index contributed by atoms with van der Waals surface area (Å²) in [7, 11) is 0. The van der Waals surface area contributed by atoms with Crippen LogP contribution in [-0.4, -0.2) is 18.1 Å². The van der Waals surface area contributed by atoms with Gasteiger partial charge >= 0.3 is 12.4 Å². The third-order valence-electron chi connectivity index (χ3n) is 5.92. The van der Waals surface area contributed by atoms with Crippen LogP contribution in [0.2, 0.25) is 0 Å². The van der Waals surface area contributed by atoms with Crippen molar-refractivity contribution >= 4 is 5.71 Å². The molecule has 8 heteroatoms. The number of hydrogen-bond donors (Lipinski definition) is 1. The molecule has 0 amide bonds. The number of hydrogen-bond acceptors (Lipinski definition) is 2. The molecule has 2 nitrogen and oxygen atoms in total. The molecule has 1 aliphatic heterocycles. The van der Waals surface area contributed by atoms with E-state index in [4.69, 9.17) is 0 Å². The SMILES string of the molecule is FC(F)(F)C1=NNC(C(F)(F)F)=C2CC34CC=CCC3(CC12)C4. The van der Waals surface area contributed by atoms with Crippen LogP contribution in [-0.2, 0) is 0 Å². The summed E-state index contributed by atoms with van der Waals surface area (Å²) in [6.07, 6.45) is -3.40. The Morgan fingerprint density at radius 3 is 2.26 bits per heavy atom. The highest BCUT2D eigenvalue weighted by atomic mass is 19.4. The molecule has 0 aromatic heterocycles. The molecule has 0 spiro atoms. The summed E-state index contributed by atoms with van der Waals surface area (Å²) < 4.78 is 79.3. The van der Waals surface area contributed by atoms with Crippen LogP contribution in [0.5, 0.6) is 0 Å². The molecule has 2 fully saturated rings. The summed E-state index contributed by atoms with van der Waals surface area (Å²) in [5, 5.41) is 3.06. The maximum atomic E-state index is 13.2. The van der Waals surface area contributed by atoms with E-state index in [2.05, 4.69) is 5.10 Å². The summed E-state index contributed by atoms with van der Waals surface area (Å²) in [4.78, 5) is 0. The predicted octanol–water partition coefficient (Wildman–Crippen LogP) is 4.46. The predicted molar refractivity (Wildman–Crippen MR) is 70.3 cm³/mol. The van der Waals surface area contributed by atoms with Crippen LogP contribution >= 0.6 is 0 Å². The number of allylic oxidation sites excluding steroid dienone is 4. The standard InChI is InChI=1S/C15H14F6N2/c16-14(17,18)10-8-5-12-3-1-2-4-13(12,7-12)6-9(8)11(23-22-10)15(19,20)21/h1-2,8,23H,3-7H2. The number of nitrogens with zero attached hydrogens (tertiary/aromatic N) is 1. The van der Waals surface area contributed by atoms with Crippen molar-refractivity contribution in [2.24, 2.45) is 21.8 Å². The topological polar surface area (TPSA) is 24.4 Å². The minimum atomic E-state index is -4.73. The second-order valence-corrected chi connectivity index (χ2v) is 7.06. The molecular formula is C15H14F6N2. The Bertz CT molecular complexity index is 656. The Morgan fingerprint density at radius 1 is 1.00 bits per heavy atom. The third-order valence-corrected chi connectivity index (χ3v) is 5.92. The minimum Gasteiger partial charge on any atom is -0.273 e. The van der Waals surface area contributed by atoms with Crippen molar-refractivity contribution in [2.75, 3.05) is 0 Å². The molecule has 126 valence electrons. The molecule has 3 aliphatic carbocycles. The van der Waals surface area contributed by atoms with Crippen molar-refractivity contribution in [3.05, 3.63) is 23.4 Å². The molecule has 3 unspecified atom stereocenters. The molecule has 0 bridgehead atoms. The van der Waals surface area contributed by atoms with Gasteiger partial charge < -0.3 is 0 Å². The van der Waals surface area contributed by atoms with E-state index in [1.54, 1.807) is 5.43 Å². The van der Waals surface area contributed by atoms with Crippen LogP contribution in [0.3, 0.4) is 0 Å². The first kappa shape index (κ1) is 15.1. The first-order chi connectivity index (χ1) is 10.6. The second-order valence-electron chi connectivity index (χ2n) is 7.06. The maximum absolute atomic E-state index is 13.2. The summed E-state index contributed by atoms with van der Waals surface area (Å²) in [6, 6.07) is 0. The fraction of sp³-hybridized carbons (Fsp3) is 0.667. The van der Waals surface area contributed by atoms with Crippen LogP contribution in [0.25, 0.3) is 0 Å². The number of rotatable bonds is 0. The Labute approximate surface area is 128 Å². The average Bonchev–Trinajstić information content (AvgIpc) is 3.09. The molecule has 0 radical (unpaired) electrons. The lowest BCUT2D eigenvalue weighted by molar-refractivity contribution is -0.101. The van der Waals surface area contributed by atoms with E-state index >= 15 is 0 Å². The zero-order valence-corrected chi connectivity index (χ0v) is 12.0. The first-order valence-corrected chi connectivity index (χ1v) is 7.44. The van der Waals surface area contributed by atoms with Gasteiger partial charge in [-0.1, -0.05) is 12.2 Å². The molecule has 4 aliphatic rings. The average molecular weight is 336 g/mol. The normalized spacial score (nSPS) is 39.0. The monoisotopic (exact) mass is 336 g/mol. The van der Waals surface area contributed by atoms with Gasteiger partial charge in [0.1, 0.15) is 11.4 Å². The zero-order valence-electron chi connectivity index (χ0n) is 12.0. The van der Waals surface area contributed by atoms with Gasteiger partial charge in [-0.15, -0.1) is 0 Å². The lowest BCUT2D eigenvalue weighted by Crippen LogP contribution is -2.45. The number of hydrazone groups is 1. The van der Waals surface area contributed by atoms with E-state index in [1.807, 2.05) is 12.2 Å². The van der Waals surface area contributed by atoms with Gasteiger partial charge in [-0.25, -0.2) is 0 Å². The Hall–Kier alpha value is -1.47.